The van der Waals surface area contributed by atoms with Gasteiger partial charge in [0.05, 0.1) is 21.1 Å². The Labute approximate surface area is 185 Å². The second kappa shape index (κ2) is 18.4. The molecule has 180 valence electrons. The van der Waals surface area contributed by atoms with Gasteiger partial charge in [-0.3, -0.25) is 4.52 Å². The molecule has 0 radical (unpaired) electrons. The van der Waals surface area contributed by atoms with Crippen LogP contribution in [0.3, 0.4) is 0 Å². The molecule has 0 aliphatic heterocycles. The molecule has 0 heterocycles. The van der Waals surface area contributed by atoms with Gasteiger partial charge < -0.3 is 19.0 Å². The number of ether oxygens (including phenoxy) is 1. The van der Waals surface area contributed by atoms with E-state index < -0.39 is 14.1 Å². The fourth-order valence-electron chi connectivity index (χ4n) is 3.28. The molecule has 0 spiro atoms. The summed E-state index contributed by atoms with van der Waals surface area (Å²) < 4.78 is 21.9. The molecule has 0 amide bonds. The highest BCUT2D eigenvalue weighted by molar-refractivity contribution is 7.46. The minimum Gasteiger partial charge on any atom is -0.347 e. The molecule has 1 atom stereocenters. The first-order chi connectivity index (χ1) is 14.1. The number of allylic oxidation sites excluding steroid dienone is 2. The SMILES string of the molecule is CCCCCCCCC=CCCCCCCCCOC(C[N+](C)(C)C)OP(=O)(O)O. The van der Waals surface area contributed by atoms with Gasteiger partial charge in [0.15, 0.2) is 0 Å². The van der Waals surface area contributed by atoms with Crippen LogP contribution in [0.5, 0.6) is 0 Å². The molecule has 0 fully saturated rings. The number of likely N-dealkylation sites (N-methyl/N-ethyl adjacent to an activating group) is 1. The van der Waals surface area contributed by atoms with Crippen LogP contribution in [0.2, 0.25) is 0 Å². The van der Waals surface area contributed by atoms with Gasteiger partial charge >= 0.3 is 7.82 Å². The van der Waals surface area contributed by atoms with E-state index >= 15 is 0 Å². The number of phosphoric ester groups is 1. The van der Waals surface area contributed by atoms with Gasteiger partial charge in [0, 0.05) is 6.61 Å². The lowest BCUT2D eigenvalue weighted by Gasteiger charge is -2.29. The summed E-state index contributed by atoms with van der Waals surface area (Å²) in [6, 6.07) is 0. The first-order valence-electron chi connectivity index (χ1n) is 11.9. The van der Waals surface area contributed by atoms with Gasteiger partial charge in [-0.1, -0.05) is 76.9 Å². The molecule has 7 heteroatoms. The Hall–Kier alpha value is -0.230. The standard InChI is InChI=1S/C23H48NO5P/c1-5-6-7-8-9-10-11-12-13-14-15-16-17-18-19-20-21-28-23(22-24(2,3)4)29-30(25,26)27/h12-13,23H,5-11,14-22H2,1-4H3,(H-,25,26,27)/p+1. The number of quaternary nitrogens is 1. The van der Waals surface area contributed by atoms with Crippen molar-refractivity contribution < 1.29 is 28.1 Å². The van der Waals surface area contributed by atoms with Gasteiger partial charge in [-0.15, -0.1) is 0 Å². The third-order valence-corrected chi connectivity index (χ3v) is 5.42. The third-order valence-electron chi connectivity index (χ3n) is 4.91. The zero-order chi connectivity index (χ0) is 22.7. The molecular formula is C23H49NO5P+. The Morgan fingerprint density at radius 2 is 1.27 bits per heavy atom. The maximum Gasteiger partial charge on any atom is 0.472 e. The van der Waals surface area contributed by atoms with Crippen molar-refractivity contribution in [3.8, 4) is 0 Å². The second-order valence-electron chi connectivity index (χ2n) is 9.31. The number of unbranched alkanes of at least 4 members (excludes halogenated alkanes) is 12. The number of phosphoric acid groups is 1. The third kappa shape index (κ3) is 24.0. The summed E-state index contributed by atoms with van der Waals surface area (Å²) in [5.74, 6) is 0. The summed E-state index contributed by atoms with van der Waals surface area (Å²) in [7, 11) is 1.26. The molecule has 0 aliphatic rings. The van der Waals surface area contributed by atoms with Crippen LogP contribution in [-0.2, 0) is 13.8 Å². The predicted octanol–water partition coefficient (Wildman–Crippen LogP) is 6.18. The van der Waals surface area contributed by atoms with Crippen LogP contribution in [0.25, 0.3) is 0 Å². The number of hydrogen-bond donors (Lipinski definition) is 2. The lowest BCUT2D eigenvalue weighted by molar-refractivity contribution is -0.876. The molecule has 0 rings (SSSR count). The Balaban J connectivity index is 3.57. The van der Waals surface area contributed by atoms with Gasteiger partial charge in [0.2, 0.25) is 6.29 Å². The highest BCUT2D eigenvalue weighted by Crippen LogP contribution is 2.38. The Bertz CT molecular complexity index is 459. The van der Waals surface area contributed by atoms with E-state index in [0.717, 1.165) is 12.8 Å². The lowest BCUT2D eigenvalue weighted by atomic mass is 10.1. The Kier molecular flexibility index (Phi) is 18.2. The molecule has 0 saturated carbocycles. The van der Waals surface area contributed by atoms with E-state index in [1.54, 1.807) is 0 Å². The minimum atomic E-state index is -4.54. The summed E-state index contributed by atoms with van der Waals surface area (Å²) in [4.78, 5) is 18.1. The quantitative estimate of drug-likeness (QED) is 0.0718. The van der Waals surface area contributed by atoms with E-state index in [9.17, 15) is 4.57 Å². The topological polar surface area (TPSA) is 76.0 Å². The maximum absolute atomic E-state index is 11.1. The molecule has 1 unspecified atom stereocenters. The van der Waals surface area contributed by atoms with Gasteiger partial charge in [-0.2, -0.15) is 0 Å². The average Bonchev–Trinajstić information content (AvgIpc) is 2.61. The summed E-state index contributed by atoms with van der Waals surface area (Å²) in [6.07, 6.45) is 21.3. The van der Waals surface area contributed by atoms with E-state index in [0.29, 0.717) is 17.6 Å². The highest BCUT2D eigenvalue weighted by atomic mass is 31.2. The maximum atomic E-state index is 11.1. The van der Waals surface area contributed by atoms with Crippen molar-refractivity contribution in [2.24, 2.45) is 0 Å². The van der Waals surface area contributed by atoms with Crippen molar-refractivity contribution in [3.05, 3.63) is 12.2 Å². The Morgan fingerprint density at radius 3 is 1.73 bits per heavy atom. The largest absolute Gasteiger partial charge is 0.472 e. The molecule has 0 aromatic rings. The molecular weight excluding hydrogens is 401 g/mol. The van der Waals surface area contributed by atoms with Gasteiger partial charge in [-0.25, -0.2) is 4.57 Å². The molecule has 30 heavy (non-hydrogen) atoms. The van der Waals surface area contributed by atoms with E-state index in [4.69, 9.17) is 19.0 Å². The van der Waals surface area contributed by atoms with Gasteiger partial charge in [-0.05, 0) is 32.1 Å². The smallest absolute Gasteiger partial charge is 0.347 e. The zero-order valence-electron chi connectivity index (χ0n) is 20.1. The molecule has 0 aromatic heterocycles. The molecule has 2 N–H and O–H groups in total. The number of nitrogens with zero attached hydrogens (tertiary/aromatic N) is 1. The normalized spacial score (nSPS) is 13.9. The van der Waals surface area contributed by atoms with Crippen molar-refractivity contribution in [2.75, 3.05) is 34.3 Å². The van der Waals surface area contributed by atoms with E-state index in [1.165, 1.54) is 77.0 Å². The summed E-state index contributed by atoms with van der Waals surface area (Å²) in [5, 5.41) is 0. The average molecular weight is 451 g/mol. The van der Waals surface area contributed by atoms with Crippen LogP contribution in [0.15, 0.2) is 12.2 Å². The highest BCUT2D eigenvalue weighted by Gasteiger charge is 2.27. The van der Waals surface area contributed by atoms with Gasteiger partial charge in [0.1, 0.15) is 6.54 Å². The van der Waals surface area contributed by atoms with Crippen LogP contribution in [0, 0.1) is 0 Å². The van der Waals surface area contributed by atoms with Crippen LogP contribution in [0.4, 0.5) is 0 Å². The fourth-order valence-corrected chi connectivity index (χ4v) is 3.72. The van der Waals surface area contributed by atoms with Crippen molar-refractivity contribution in [2.45, 2.75) is 103 Å². The first kappa shape index (κ1) is 29.8. The second-order valence-corrected chi connectivity index (χ2v) is 10.5. The summed E-state index contributed by atoms with van der Waals surface area (Å²) >= 11 is 0. The van der Waals surface area contributed by atoms with Crippen LogP contribution < -0.4 is 0 Å². The zero-order valence-corrected chi connectivity index (χ0v) is 21.0. The molecule has 0 aromatic carbocycles. The van der Waals surface area contributed by atoms with E-state index in [1.807, 2.05) is 21.1 Å². The van der Waals surface area contributed by atoms with Crippen LogP contribution in [-0.4, -0.2) is 54.9 Å². The monoisotopic (exact) mass is 450 g/mol. The van der Waals surface area contributed by atoms with Gasteiger partial charge in [0.25, 0.3) is 0 Å². The molecule has 0 saturated heterocycles. The lowest BCUT2D eigenvalue weighted by Crippen LogP contribution is -2.43. The summed E-state index contributed by atoms with van der Waals surface area (Å²) in [6.45, 7) is 3.11. The number of rotatable bonds is 21. The fraction of sp³-hybridized carbons (Fsp3) is 0.913. The van der Waals surface area contributed by atoms with Crippen molar-refractivity contribution >= 4 is 7.82 Å². The predicted molar refractivity (Wildman–Crippen MR) is 125 cm³/mol. The van der Waals surface area contributed by atoms with E-state index in [-0.39, 0.29) is 0 Å². The van der Waals surface area contributed by atoms with Crippen LogP contribution in [0.1, 0.15) is 96.8 Å². The number of hydrogen-bond acceptors (Lipinski definition) is 3. The molecule has 0 aliphatic carbocycles. The molecule has 0 bridgehead atoms. The first-order valence-corrected chi connectivity index (χ1v) is 13.5. The van der Waals surface area contributed by atoms with Crippen molar-refractivity contribution in [1.82, 2.24) is 0 Å². The molecule has 6 nitrogen and oxygen atoms in total. The van der Waals surface area contributed by atoms with Crippen LogP contribution >= 0.6 is 7.82 Å². The summed E-state index contributed by atoms with van der Waals surface area (Å²) in [5.41, 5.74) is 0. The van der Waals surface area contributed by atoms with Crippen molar-refractivity contribution in [3.63, 3.8) is 0 Å². The van der Waals surface area contributed by atoms with E-state index in [2.05, 4.69) is 19.1 Å². The van der Waals surface area contributed by atoms with Crippen molar-refractivity contribution in [1.29, 1.82) is 0 Å². The minimum absolute atomic E-state index is 0.386. The Morgan fingerprint density at radius 1 is 0.800 bits per heavy atom.